The van der Waals surface area contributed by atoms with Crippen molar-refractivity contribution in [1.29, 1.82) is 0 Å². The predicted molar refractivity (Wildman–Crippen MR) is 70.5 cm³/mol. The number of fused-ring (bicyclic) bond motifs is 1. The molecule has 1 aromatic rings. The number of nitrogens with one attached hydrogen (secondary N) is 2. The summed E-state index contributed by atoms with van der Waals surface area (Å²) in [7, 11) is 0. The molecule has 0 aromatic carbocycles. The average Bonchev–Trinajstić information content (AvgIpc) is 2.71. The largest absolute Gasteiger partial charge is 0.308 e. The van der Waals surface area contributed by atoms with Crippen LogP contribution < -0.4 is 10.6 Å². The maximum absolute atomic E-state index is 11.6. The number of rotatable bonds is 5. The van der Waals surface area contributed by atoms with Crippen molar-refractivity contribution in [2.45, 2.75) is 39.0 Å². The molecule has 0 unspecified atom stereocenters. The minimum Gasteiger partial charge on any atom is -0.308 e. The van der Waals surface area contributed by atoms with Gasteiger partial charge in [-0.3, -0.25) is 4.79 Å². The molecule has 2 rings (SSSR count). The number of anilines is 1. The summed E-state index contributed by atoms with van der Waals surface area (Å²) in [6.45, 7) is 3.33. The third-order valence-electron chi connectivity index (χ3n) is 2.80. The van der Waals surface area contributed by atoms with Gasteiger partial charge in [0.05, 0.1) is 12.2 Å². The van der Waals surface area contributed by atoms with Crippen molar-refractivity contribution in [3.05, 3.63) is 10.6 Å². The molecule has 94 valence electrons. The van der Waals surface area contributed by atoms with Gasteiger partial charge in [0.25, 0.3) is 0 Å². The van der Waals surface area contributed by atoms with Crippen LogP contribution in [-0.4, -0.2) is 24.0 Å². The lowest BCUT2D eigenvalue weighted by Gasteiger charge is -2.06. The van der Waals surface area contributed by atoms with E-state index in [2.05, 4.69) is 22.5 Å². The monoisotopic (exact) mass is 253 g/mol. The number of carbonyl (C=O) groups is 1. The minimum atomic E-state index is 0.00421. The lowest BCUT2D eigenvalue weighted by molar-refractivity contribution is -0.115. The Bertz CT molecular complexity index is 366. The lowest BCUT2D eigenvalue weighted by atomic mass is 10.0. The van der Waals surface area contributed by atoms with Gasteiger partial charge in [0.2, 0.25) is 5.91 Å². The third kappa shape index (κ3) is 3.51. The second-order valence-corrected chi connectivity index (χ2v) is 5.40. The van der Waals surface area contributed by atoms with E-state index in [1.165, 1.54) is 23.4 Å². The van der Waals surface area contributed by atoms with E-state index in [1.54, 1.807) is 11.3 Å². The average molecular weight is 253 g/mol. The molecule has 1 aliphatic rings. The van der Waals surface area contributed by atoms with Crippen LogP contribution in [0.4, 0.5) is 5.13 Å². The Morgan fingerprint density at radius 3 is 3.00 bits per heavy atom. The van der Waals surface area contributed by atoms with Crippen LogP contribution in [0.2, 0.25) is 0 Å². The van der Waals surface area contributed by atoms with Gasteiger partial charge in [0, 0.05) is 4.88 Å². The second-order valence-electron chi connectivity index (χ2n) is 4.32. The molecule has 0 aliphatic heterocycles. The molecule has 0 bridgehead atoms. The molecular formula is C12H19N3OS. The topological polar surface area (TPSA) is 54.0 Å². The van der Waals surface area contributed by atoms with Crippen molar-refractivity contribution >= 4 is 22.4 Å². The highest BCUT2D eigenvalue weighted by Crippen LogP contribution is 2.29. The van der Waals surface area contributed by atoms with Crippen LogP contribution in [0.5, 0.6) is 0 Å². The van der Waals surface area contributed by atoms with Gasteiger partial charge in [-0.25, -0.2) is 4.98 Å². The van der Waals surface area contributed by atoms with Crippen LogP contribution in [-0.2, 0) is 17.6 Å². The van der Waals surface area contributed by atoms with Gasteiger partial charge < -0.3 is 10.6 Å². The van der Waals surface area contributed by atoms with E-state index in [9.17, 15) is 4.79 Å². The fourth-order valence-corrected chi connectivity index (χ4v) is 3.01. The molecule has 0 radical (unpaired) electrons. The Labute approximate surface area is 106 Å². The van der Waals surface area contributed by atoms with E-state index in [0.717, 1.165) is 30.9 Å². The number of nitrogens with zero attached hydrogens (tertiary/aromatic N) is 1. The van der Waals surface area contributed by atoms with Gasteiger partial charge in [-0.15, -0.1) is 11.3 Å². The predicted octanol–water partition coefficient (Wildman–Crippen LogP) is 1.96. The summed E-state index contributed by atoms with van der Waals surface area (Å²) >= 11 is 1.63. The summed E-state index contributed by atoms with van der Waals surface area (Å²) in [5.41, 5.74) is 1.19. The van der Waals surface area contributed by atoms with Gasteiger partial charge >= 0.3 is 0 Å². The first-order valence-corrected chi connectivity index (χ1v) is 7.10. The number of hydrogen-bond donors (Lipinski definition) is 2. The maximum atomic E-state index is 11.6. The molecule has 1 aliphatic carbocycles. The first-order chi connectivity index (χ1) is 8.29. The number of thiazole rings is 1. The molecular weight excluding hydrogens is 234 g/mol. The minimum absolute atomic E-state index is 0.00421. The number of aryl methyl sites for hydroxylation is 2. The highest BCUT2D eigenvalue weighted by molar-refractivity contribution is 7.15. The summed E-state index contributed by atoms with van der Waals surface area (Å²) in [6.07, 6.45) is 5.70. The Morgan fingerprint density at radius 1 is 1.41 bits per heavy atom. The van der Waals surface area contributed by atoms with Gasteiger partial charge in [-0.2, -0.15) is 0 Å². The standard InChI is InChI=1S/C12H19N3OS/c1-2-7-13-8-11(16)15-12-14-9-5-3-4-6-10(9)17-12/h13H,2-8H2,1H3,(H,14,15,16). The van der Waals surface area contributed by atoms with Crippen LogP contribution in [0, 0.1) is 0 Å². The van der Waals surface area contributed by atoms with Crippen molar-refractivity contribution in [3.8, 4) is 0 Å². The molecule has 1 amide bonds. The van der Waals surface area contributed by atoms with Crippen molar-refractivity contribution in [3.63, 3.8) is 0 Å². The van der Waals surface area contributed by atoms with E-state index in [1.807, 2.05) is 0 Å². The van der Waals surface area contributed by atoms with E-state index in [4.69, 9.17) is 0 Å². The van der Waals surface area contributed by atoms with Crippen molar-refractivity contribution in [2.75, 3.05) is 18.4 Å². The number of hydrogen-bond acceptors (Lipinski definition) is 4. The van der Waals surface area contributed by atoms with Gasteiger partial charge in [-0.05, 0) is 38.6 Å². The van der Waals surface area contributed by atoms with Crippen LogP contribution in [0.15, 0.2) is 0 Å². The zero-order valence-corrected chi connectivity index (χ0v) is 11.0. The van der Waals surface area contributed by atoms with E-state index in [0.29, 0.717) is 6.54 Å². The zero-order valence-electron chi connectivity index (χ0n) is 10.2. The SMILES string of the molecule is CCCNCC(=O)Nc1nc2c(s1)CCCC2. The second kappa shape index (κ2) is 6.12. The Hall–Kier alpha value is -0.940. The molecule has 0 spiro atoms. The number of aromatic nitrogens is 1. The van der Waals surface area contributed by atoms with Crippen LogP contribution in [0.1, 0.15) is 36.8 Å². The third-order valence-corrected chi connectivity index (χ3v) is 3.88. The molecule has 0 saturated heterocycles. The Kier molecular flexibility index (Phi) is 4.50. The fraction of sp³-hybridized carbons (Fsp3) is 0.667. The van der Waals surface area contributed by atoms with Crippen LogP contribution >= 0.6 is 11.3 Å². The molecule has 5 heteroatoms. The quantitative estimate of drug-likeness (QED) is 0.789. The molecule has 2 N–H and O–H groups in total. The Morgan fingerprint density at radius 2 is 2.24 bits per heavy atom. The first-order valence-electron chi connectivity index (χ1n) is 6.28. The molecule has 4 nitrogen and oxygen atoms in total. The van der Waals surface area contributed by atoms with Crippen molar-refractivity contribution < 1.29 is 4.79 Å². The highest BCUT2D eigenvalue weighted by atomic mass is 32.1. The summed E-state index contributed by atoms with van der Waals surface area (Å²) in [5, 5.41) is 6.71. The maximum Gasteiger partial charge on any atom is 0.240 e. The molecule has 0 atom stereocenters. The molecule has 0 fully saturated rings. The summed E-state index contributed by atoms with van der Waals surface area (Å²) in [6, 6.07) is 0. The first kappa shape index (κ1) is 12.5. The molecule has 1 aromatic heterocycles. The molecule has 0 saturated carbocycles. The summed E-state index contributed by atoms with van der Waals surface area (Å²) < 4.78 is 0. The summed E-state index contributed by atoms with van der Waals surface area (Å²) in [5.74, 6) is 0.00421. The smallest absolute Gasteiger partial charge is 0.240 e. The highest BCUT2D eigenvalue weighted by Gasteiger charge is 2.15. The summed E-state index contributed by atoms with van der Waals surface area (Å²) in [4.78, 5) is 17.4. The van der Waals surface area contributed by atoms with E-state index in [-0.39, 0.29) is 5.91 Å². The van der Waals surface area contributed by atoms with Gasteiger partial charge in [0.1, 0.15) is 0 Å². The zero-order chi connectivity index (χ0) is 12.1. The Balaban J connectivity index is 1.86. The molecule has 1 heterocycles. The normalized spacial score (nSPS) is 14.4. The fourth-order valence-electron chi connectivity index (χ4n) is 1.95. The van der Waals surface area contributed by atoms with Gasteiger partial charge in [-0.1, -0.05) is 6.92 Å². The number of carbonyl (C=O) groups excluding carboxylic acids is 1. The van der Waals surface area contributed by atoms with Crippen molar-refractivity contribution in [1.82, 2.24) is 10.3 Å². The van der Waals surface area contributed by atoms with Crippen molar-refractivity contribution in [2.24, 2.45) is 0 Å². The van der Waals surface area contributed by atoms with E-state index < -0.39 is 0 Å². The number of amides is 1. The van der Waals surface area contributed by atoms with Crippen LogP contribution in [0.25, 0.3) is 0 Å². The van der Waals surface area contributed by atoms with Crippen LogP contribution in [0.3, 0.4) is 0 Å². The van der Waals surface area contributed by atoms with Gasteiger partial charge in [0.15, 0.2) is 5.13 Å². The molecule has 17 heavy (non-hydrogen) atoms. The van der Waals surface area contributed by atoms with E-state index >= 15 is 0 Å². The lowest BCUT2D eigenvalue weighted by Crippen LogP contribution is -2.28.